The molecule has 4 rings (SSSR count). The van der Waals surface area contributed by atoms with Crippen LogP contribution in [0.2, 0.25) is 0 Å². The lowest BCUT2D eigenvalue weighted by Gasteiger charge is -2.33. The lowest BCUT2D eigenvalue weighted by Crippen LogP contribution is -2.48. The average Bonchev–Trinajstić information content (AvgIpc) is 3.35. The van der Waals surface area contributed by atoms with Gasteiger partial charge in [0.05, 0.1) is 23.7 Å². The molecule has 1 fully saturated rings. The molecule has 0 spiro atoms. The predicted octanol–water partition coefficient (Wildman–Crippen LogP) is 3.87. The van der Waals surface area contributed by atoms with Crippen LogP contribution >= 0.6 is 0 Å². The summed E-state index contributed by atoms with van der Waals surface area (Å²) in [5.74, 6) is 0.854. The molecule has 1 amide bonds. The Morgan fingerprint density at radius 3 is 2.69 bits per heavy atom. The van der Waals surface area contributed by atoms with E-state index < -0.39 is 0 Å². The van der Waals surface area contributed by atoms with Gasteiger partial charge < -0.3 is 15.0 Å². The largest absolute Gasteiger partial charge is 0.446 e. The van der Waals surface area contributed by atoms with Crippen molar-refractivity contribution >= 4 is 23.3 Å². The second kappa shape index (κ2) is 8.29. The highest BCUT2D eigenvalue weighted by molar-refractivity contribution is 5.89. The van der Waals surface area contributed by atoms with Gasteiger partial charge in [0.15, 0.2) is 12.1 Å². The van der Waals surface area contributed by atoms with Crippen molar-refractivity contribution in [3.63, 3.8) is 0 Å². The number of carbonyl (C=O) groups excluding carboxylic acids is 1. The molecule has 29 heavy (non-hydrogen) atoms. The lowest BCUT2D eigenvalue weighted by atomic mass is 10.2. The number of ether oxygens (including phenoxy) is 1. The number of amides is 1. The van der Waals surface area contributed by atoms with E-state index in [2.05, 4.69) is 44.4 Å². The van der Waals surface area contributed by atoms with E-state index in [0.29, 0.717) is 0 Å². The molecular weight excluding hydrogens is 366 g/mol. The topological polar surface area (TPSA) is 60.9 Å². The molecule has 2 aliphatic rings. The lowest BCUT2D eigenvalue weighted by molar-refractivity contribution is 0.124. The first-order valence-corrected chi connectivity index (χ1v) is 10.3. The molecule has 1 atom stereocenters. The molecule has 7 nitrogen and oxygen atoms in total. The van der Waals surface area contributed by atoms with Crippen LogP contribution in [0.15, 0.2) is 42.6 Å². The van der Waals surface area contributed by atoms with Crippen molar-refractivity contribution in [2.75, 3.05) is 35.3 Å². The molecule has 1 aromatic carbocycles. The molecule has 0 bridgehead atoms. The zero-order valence-corrected chi connectivity index (χ0v) is 17.3. The zero-order valence-electron chi connectivity index (χ0n) is 17.3. The van der Waals surface area contributed by atoms with Crippen LogP contribution in [0.25, 0.3) is 0 Å². The molecule has 7 heteroatoms. The Morgan fingerprint density at radius 1 is 1.28 bits per heavy atom. The van der Waals surface area contributed by atoms with Gasteiger partial charge in [-0.15, -0.1) is 0 Å². The number of hydrogen-bond donors (Lipinski definition) is 1. The van der Waals surface area contributed by atoms with Gasteiger partial charge in [-0.2, -0.15) is 0 Å². The minimum absolute atomic E-state index is 0.0726. The van der Waals surface area contributed by atoms with Crippen LogP contribution in [0.5, 0.6) is 0 Å². The molecule has 2 aromatic rings. The van der Waals surface area contributed by atoms with E-state index in [1.165, 1.54) is 23.3 Å². The van der Waals surface area contributed by atoms with Gasteiger partial charge in [-0.1, -0.05) is 30.3 Å². The Hall–Kier alpha value is -2.80. The summed E-state index contributed by atoms with van der Waals surface area (Å²) >= 11 is 0. The van der Waals surface area contributed by atoms with Crippen molar-refractivity contribution in [3.05, 3.63) is 48.2 Å². The number of likely N-dealkylation sites (tertiary alicyclic amines) is 1. The SMILES string of the molecule is CC(C)OC(=O)N(C)c1cnc2c(c1)N(Cc1ccccc1)C(N1CCCC1)N2. The normalized spacial score (nSPS) is 18.6. The number of nitrogens with one attached hydrogen (secondary N) is 1. The fourth-order valence-corrected chi connectivity index (χ4v) is 3.90. The van der Waals surface area contributed by atoms with E-state index in [4.69, 9.17) is 4.74 Å². The molecule has 1 unspecified atom stereocenters. The van der Waals surface area contributed by atoms with Crippen LogP contribution in [-0.2, 0) is 11.3 Å². The van der Waals surface area contributed by atoms with Gasteiger partial charge in [0.2, 0.25) is 0 Å². The summed E-state index contributed by atoms with van der Waals surface area (Å²) < 4.78 is 5.33. The second-order valence-electron chi connectivity index (χ2n) is 7.93. The number of hydrogen-bond acceptors (Lipinski definition) is 6. The molecular formula is C22H29N5O2. The summed E-state index contributed by atoms with van der Waals surface area (Å²) in [6, 6.07) is 12.5. The molecule has 1 N–H and O–H groups in total. The number of benzene rings is 1. The Balaban J connectivity index is 1.63. The molecule has 0 aliphatic carbocycles. The number of pyridine rings is 1. The van der Waals surface area contributed by atoms with Gasteiger partial charge >= 0.3 is 6.09 Å². The smallest absolute Gasteiger partial charge is 0.414 e. The quantitative estimate of drug-likeness (QED) is 0.829. The number of aromatic nitrogens is 1. The van der Waals surface area contributed by atoms with Crippen molar-refractivity contribution in [2.45, 2.75) is 45.6 Å². The first kappa shape index (κ1) is 19.5. The van der Waals surface area contributed by atoms with Crippen molar-refractivity contribution in [2.24, 2.45) is 0 Å². The van der Waals surface area contributed by atoms with Gasteiger partial charge in [0.25, 0.3) is 0 Å². The summed E-state index contributed by atoms with van der Waals surface area (Å²) in [5.41, 5.74) is 2.97. The Morgan fingerprint density at radius 2 is 2.00 bits per heavy atom. The minimum atomic E-state index is -0.376. The molecule has 1 saturated heterocycles. The summed E-state index contributed by atoms with van der Waals surface area (Å²) in [5, 5.41) is 3.58. The van der Waals surface area contributed by atoms with Gasteiger partial charge in [-0.25, -0.2) is 9.78 Å². The fraction of sp³-hybridized carbons (Fsp3) is 0.455. The first-order chi connectivity index (χ1) is 14.0. The highest BCUT2D eigenvalue weighted by atomic mass is 16.6. The van der Waals surface area contributed by atoms with Crippen LogP contribution in [0, 0.1) is 0 Å². The monoisotopic (exact) mass is 395 g/mol. The van der Waals surface area contributed by atoms with Crippen molar-refractivity contribution < 1.29 is 9.53 Å². The molecule has 2 aliphatic heterocycles. The van der Waals surface area contributed by atoms with Crippen LogP contribution in [-0.4, -0.2) is 48.5 Å². The molecule has 1 aromatic heterocycles. The van der Waals surface area contributed by atoms with E-state index >= 15 is 0 Å². The van der Waals surface area contributed by atoms with Crippen molar-refractivity contribution in [1.29, 1.82) is 0 Å². The highest BCUT2D eigenvalue weighted by Gasteiger charge is 2.35. The average molecular weight is 396 g/mol. The Kier molecular flexibility index (Phi) is 5.58. The van der Waals surface area contributed by atoms with E-state index in [-0.39, 0.29) is 18.5 Å². The number of carbonyl (C=O) groups is 1. The van der Waals surface area contributed by atoms with Gasteiger partial charge in [0.1, 0.15) is 0 Å². The summed E-state index contributed by atoms with van der Waals surface area (Å²) in [4.78, 5) is 23.3. The van der Waals surface area contributed by atoms with Gasteiger partial charge in [0, 0.05) is 26.7 Å². The molecule has 0 saturated carbocycles. The van der Waals surface area contributed by atoms with Gasteiger partial charge in [-0.05, 0) is 38.3 Å². The standard InChI is InChI=1S/C22H29N5O2/c1-16(2)29-22(28)25(3)18-13-19-20(23-14-18)24-21(26-11-7-8-12-26)27(19)15-17-9-5-4-6-10-17/h4-6,9-10,13-14,16,21H,7-8,11-12,15H2,1-3H3,(H,23,24). The Bertz CT molecular complexity index is 852. The third-order valence-corrected chi connectivity index (χ3v) is 5.40. The van der Waals surface area contributed by atoms with Crippen LogP contribution in [0.4, 0.5) is 22.0 Å². The maximum absolute atomic E-state index is 12.3. The Labute approximate surface area is 172 Å². The van der Waals surface area contributed by atoms with Crippen molar-refractivity contribution in [1.82, 2.24) is 9.88 Å². The van der Waals surface area contributed by atoms with Crippen LogP contribution in [0.1, 0.15) is 32.3 Å². The highest BCUT2D eigenvalue weighted by Crippen LogP contribution is 2.38. The molecule has 3 heterocycles. The van der Waals surface area contributed by atoms with Crippen LogP contribution < -0.4 is 15.1 Å². The molecule has 0 radical (unpaired) electrons. The fourth-order valence-electron chi connectivity index (χ4n) is 3.90. The van der Waals surface area contributed by atoms with E-state index in [9.17, 15) is 4.79 Å². The second-order valence-corrected chi connectivity index (χ2v) is 7.93. The van der Waals surface area contributed by atoms with Crippen LogP contribution in [0.3, 0.4) is 0 Å². The van der Waals surface area contributed by atoms with Gasteiger partial charge in [-0.3, -0.25) is 9.80 Å². The third-order valence-electron chi connectivity index (χ3n) is 5.40. The molecule has 154 valence electrons. The number of rotatable bonds is 5. The summed E-state index contributed by atoms with van der Waals surface area (Å²) in [6.45, 7) is 6.61. The zero-order chi connectivity index (χ0) is 20.4. The van der Waals surface area contributed by atoms with Crippen molar-refractivity contribution in [3.8, 4) is 0 Å². The first-order valence-electron chi connectivity index (χ1n) is 10.3. The van der Waals surface area contributed by atoms with E-state index in [0.717, 1.165) is 36.8 Å². The van der Waals surface area contributed by atoms with E-state index in [1.54, 1.807) is 13.2 Å². The van der Waals surface area contributed by atoms with E-state index in [1.807, 2.05) is 26.0 Å². The maximum Gasteiger partial charge on any atom is 0.414 e. The number of fused-ring (bicyclic) bond motifs is 1. The summed E-state index contributed by atoms with van der Waals surface area (Å²) in [6.07, 6.45) is 3.69. The maximum atomic E-state index is 12.3. The summed E-state index contributed by atoms with van der Waals surface area (Å²) in [7, 11) is 1.72. The number of nitrogens with zero attached hydrogens (tertiary/aromatic N) is 4. The minimum Gasteiger partial charge on any atom is -0.446 e. The third kappa shape index (κ3) is 4.15. The number of anilines is 3. The predicted molar refractivity (Wildman–Crippen MR) is 115 cm³/mol.